The van der Waals surface area contributed by atoms with E-state index in [0.717, 1.165) is 11.1 Å². The topological polar surface area (TPSA) is 93.1 Å². The molecule has 1 saturated heterocycles. The lowest BCUT2D eigenvalue weighted by Gasteiger charge is -2.26. The number of rotatable bonds is 9. The van der Waals surface area contributed by atoms with Crippen LogP contribution in [-0.4, -0.2) is 40.4 Å². The summed E-state index contributed by atoms with van der Waals surface area (Å²) in [6, 6.07) is 20.4. The van der Waals surface area contributed by atoms with Crippen molar-refractivity contribution in [2.24, 2.45) is 5.92 Å². The standard InChI is InChI=1S/C33H35NO6/c1-20(2)19-39-27-11-7-10-26(17-27)30(35)28-29(25-9-6-8-22(5)16-25)34(32(37)31(28)36)18-23-12-14-24(15-13-23)33(38)40-21(3)4/h6-17,20-21,29,35H,18-19H2,1-5H3/b30-28+. The van der Waals surface area contributed by atoms with Gasteiger partial charge in [-0.1, -0.05) is 67.9 Å². The van der Waals surface area contributed by atoms with Crippen molar-refractivity contribution in [1.29, 1.82) is 0 Å². The van der Waals surface area contributed by atoms with E-state index in [9.17, 15) is 19.5 Å². The minimum Gasteiger partial charge on any atom is -0.507 e. The lowest BCUT2D eigenvalue weighted by Crippen LogP contribution is -2.29. The minimum absolute atomic E-state index is 0.0220. The number of benzene rings is 3. The molecule has 7 heteroatoms. The quantitative estimate of drug-likeness (QED) is 0.150. The fourth-order valence-electron chi connectivity index (χ4n) is 4.61. The number of hydrogen-bond donors (Lipinski definition) is 1. The zero-order valence-electron chi connectivity index (χ0n) is 23.5. The Morgan fingerprint density at radius 2 is 1.62 bits per heavy atom. The van der Waals surface area contributed by atoms with Crippen LogP contribution in [0.2, 0.25) is 0 Å². The normalized spacial score (nSPS) is 16.6. The van der Waals surface area contributed by atoms with Gasteiger partial charge in [-0.2, -0.15) is 0 Å². The lowest BCUT2D eigenvalue weighted by molar-refractivity contribution is -0.140. The van der Waals surface area contributed by atoms with E-state index in [0.29, 0.717) is 35.0 Å². The van der Waals surface area contributed by atoms with Crippen molar-refractivity contribution in [2.45, 2.75) is 53.3 Å². The summed E-state index contributed by atoms with van der Waals surface area (Å²) in [4.78, 5) is 40.5. The molecule has 1 unspecified atom stereocenters. The van der Waals surface area contributed by atoms with Gasteiger partial charge in [-0.15, -0.1) is 0 Å². The summed E-state index contributed by atoms with van der Waals surface area (Å²) in [7, 11) is 0. The van der Waals surface area contributed by atoms with Gasteiger partial charge in [-0.05, 0) is 62.1 Å². The van der Waals surface area contributed by atoms with Crippen LogP contribution in [0.3, 0.4) is 0 Å². The third-order valence-corrected chi connectivity index (χ3v) is 6.47. The summed E-state index contributed by atoms with van der Waals surface area (Å²) in [6.45, 7) is 10.2. The number of ketones is 1. The van der Waals surface area contributed by atoms with Crippen LogP contribution in [0.15, 0.2) is 78.4 Å². The molecule has 0 radical (unpaired) electrons. The SMILES string of the molecule is Cc1cccc(C2/C(=C(\O)c3cccc(OCC(C)C)c3)C(=O)C(=O)N2Cc2ccc(C(=O)OC(C)C)cc2)c1. The maximum atomic E-state index is 13.4. The molecule has 1 aliphatic rings. The largest absolute Gasteiger partial charge is 0.507 e. The predicted octanol–water partition coefficient (Wildman–Crippen LogP) is 6.22. The number of aliphatic hydroxyl groups excluding tert-OH is 1. The fourth-order valence-corrected chi connectivity index (χ4v) is 4.61. The first-order valence-electron chi connectivity index (χ1n) is 13.4. The number of aliphatic hydroxyl groups is 1. The molecule has 0 aromatic heterocycles. The van der Waals surface area contributed by atoms with Gasteiger partial charge in [0.15, 0.2) is 0 Å². The van der Waals surface area contributed by atoms with E-state index < -0.39 is 23.7 Å². The van der Waals surface area contributed by atoms with E-state index >= 15 is 0 Å². The minimum atomic E-state index is -0.800. The molecule has 7 nitrogen and oxygen atoms in total. The van der Waals surface area contributed by atoms with Gasteiger partial charge in [0, 0.05) is 12.1 Å². The summed E-state index contributed by atoms with van der Waals surface area (Å²) in [5.74, 6) is -1.26. The first kappa shape index (κ1) is 28.6. The predicted molar refractivity (Wildman–Crippen MR) is 153 cm³/mol. The van der Waals surface area contributed by atoms with Crippen LogP contribution in [0.25, 0.3) is 5.76 Å². The van der Waals surface area contributed by atoms with Gasteiger partial charge in [0.05, 0.1) is 29.9 Å². The number of carbonyl (C=O) groups is 3. The number of Topliss-reactive ketones (excluding diaryl/α,β-unsaturated/α-hetero) is 1. The van der Waals surface area contributed by atoms with Gasteiger partial charge in [0.1, 0.15) is 11.5 Å². The van der Waals surface area contributed by atoms with Crippen LogP contribution in [0.5, 0.6) is 5.75 Å². The van der Waals surface area contributed by atoms with E-state index in [1.807, 2.05) is 45.0 Å². The van der Waals surface area contributed by atoms with Crippen molar-refractivity contribution in [3.8, 4) is 5.75 Å². The second kappa shape index (κ2) is 12.2. The maximum absolute atomic E-state index is 13.4. The number of carbonyl (C=O) groups excluding carboxylic acids is 3. The zero-order chi connectivity index (χ0) is 29.0. The number of ether oxygens (including phenoxy) is 2. The average molecular weight is 542 g/mol. The molecule has 1 heterocycles. The smallest absolute Gasteiger partial charge is 0.338 e. The van der Waals surface area contributed by atoms with Crippen molar-refractivity contribution < 1.29 is 29.0 Å². The Bertz CT molecular complexity index is 1440. The monoisotopic (exact) mass is 541 g/mol. The molecule has 1 N–H and O–H groups in total. The third kappa shape index (κ3) is 6.42. The highest BCUT2D eigenvalue weighted by Crippen LogP contribution is 2.40. The maximum Gasteiger partial charge on any atom is 0.338 e. The average Bonchev–Trinajstić information content (AvgIpc) is 3.16. The number of hydrogen-bond acceptors (Lipinski definition) is 6. The van der Waals surface area contributed by atoms with Crippen molar-refractivity contribution in [3.05, 3.63) is 106 Å². The van der Waals surface area contributed by atoms with E-state index in [2.05, 4.69) is 0 Å². The Morgan fingerprint density at radius 1 is 0.925 bits per heavy atom. The molecule has 1 fully saturated rings. The number of nitrogens with zero attached hydrogens (tertiary/aromatic N) is 1. The number of aryl methyl sites for hydroxylation is 1. The van der Waals surface area contributed by atoms with Gasteiger partial charge >= 0.3 is 5.97 Å². The highest BCUT2D eigenvalue weighted by Gasteiger charge is 2.46. The molecule has 3 aromatic rings. The van der Waals surface area contributed by atoms with Crippen LogP contribution in [0.4, 0.5) is 0 Å². The van der Waals surface area contributed by atoms with E-state index in [1.54, 1.807) is 62.4 Å². The highest BCUT2D eigenvalue weighted by atomic mass is 16.5. The van der Waals surface area contributed by atoms with Gasteiger partial charge in [0.2, 0.25) is 0 Å². The van der Waals surface area contributed by atoms with Crippen molar-refractivity contribution >= 4 is 23.4 Å². The fraction of sp³-hybridized carbons (Fsp3) is 0.303. The Hall–Kier alpha value is -4.39. The summed E-state index contributed by atoms with van der Waals surface area (Å²) >= 11 is 0. The molecular weight excluding hydrogens is 506 g/mol. The van der Waals surface area contributed by atoms with Gasteiger partial charge in [-0.3, -0.25) is 9.59 Å². The van der Waals surface area contributed by atoms with Crippen LogP contribution >= 0.6 is 0 Å². The molecule has 4 rings (SSSR count). The number of esters is 1. The molecular formula is C33H35NO6. The van der Waals surface area contributed by atoms with Crippen molar-refractivity contribution in [2.75, 3.05) is 6.61 Å². The summed E-state index contributed by atoms with van der Waals surface area (Å²) < 4.78 is 11.1. The van der Waals surface area contributed by atoms with E-state index in [-0.39, 0.29) is 24.0 Å². The first-order chi connectivity index (χ1) is 19.0. The Balaban J connectivity index is 1.73. The summed E-state index contributed by atoms with van der Waals surface area (Å²) in [5, 5.41) is 11.4. The molecule has 1 amide bonds. The molecule has 0 saturated carbocycles. The van der Waals surface area contributed by atoms with Gasteiger partial charge < -0.3 is 19.5 Å². The van der Waals surface area contributed by atoms with Gasteiger partial charge in [0.25, 0.3) is 11.7 Å². The van der Waals surface area contributed by atoms with Crippen molar-refractivity contribution in [3.63, 3.8) is 0 Å². The van der Waals surface area contributed by atoms with Crippen LogP contribution < -0.4 is 4.74 Å². The molecule has 1 atom stereocenters. The van der Waals surface area contributed by atoms with E-state index in [1.165, 1.54) is 4.90 Å². The first-order valence-corrected chi connectivity index (χ1v) is 13.4. The second-order valence-electron chi connectivity index (χ2n) is 10.7. The van der Waals surface area contributed by atoms with Gasteiger partial charge in [-0.25, -0.2) is 4.79 Å². The van der Waals surface area contributed by atoms with E-state index in [4.69, 9.17) is 9.47 Å². The summed E-state index contributed by atoms with van der Waals surface area (Å²) in [6.07, 6.45) is -0.240. The Morgan fingerprint density at radius 3 is 2.27 bits per heavy atom. The molecule has 0 aliphatic carbocycles. The molecule has 208 valence electrons. The summed E-state index contributed by atoms with van der Waals surface area (Å²) in [5.41, 5.74) is 3.21. The second-order valence-corrected chi connectivity index (χ2v) is 10.7. The van der Waals surface area contributed by atoms with Crippen LogP contribution in [0.1, 0.15) is 66.3 Å². The third-order valence-electron chi connectivity index (χ3n) is 6.47. The lowest BCUT2D eigenvalue weighted by atomic mass is 9.94. The highest BCUT2D eigenvalue weighted by molar-refractivity contribution is 6.46. The number of likely N-dealkylation sites (tertiary alicyclic amines) is 1. The molecule has 1 aliphatic heterocycles. The van der Waals surface area contributed by atoms with Crippen molar-refractivity contribution in [1.82, 2.24) is 4.90 Å². The van der Waals surface area contributed by atoms with Crippen LogP contribution in [-0.2, 0) is 20.9 Å². The molecule has 40 heavy (non-hydrogen) atoms. The molecule has 3 aromatic carbocycles. The Labute approximate surface area is 235 Å². The molecule has 0 bridgehead atoms. The molecule has 0 spiro atoms. The Kier molecular flexibility index (Phi) is 8.73. The number of amides is 1. The zero-order valence-corrected chi connectivity index (χ0v) is 23.5. The van der Waals surface area contributed by atoms with Crippen LogP contribution in [0, 0.1) is 12.8 Å².